The average molecular weight is 324 g/mol. The summed E-state index contributed by atoms with van der Waals surface area (Å²) in [5.41, 5.74) is 0.556. The highest BCUT2D eigenvalue weighted by atomic mass is 16.2. The molecule has 8 heteroatoms. The number of amides is 1. The number of aryl methyl sites for hydroxylation is 1. The second-order valence-corrected chi connectivity index (χ2v) is 5.85. The van der Waals surface area contributed by atoms with Crippen LogP contribution in [0.15, 0.2) is 47.8 Å². The number of hydrogen-bond acceptors (Lipinski definition) is 5. The van der Waals surface area contributed by atoms with E-state index in [2.05, 4.69) is 15.3 Å². The van der Waals surface area contributed by atoms with E-state index in [4.69, 9.17) is 0 Å². The van der Waals surface area contributed by atoms with Crippen LogP contribution in [0.5, 0.6) is 0 Å². The summed E-state index contributed by atoms with van der Waals surface area (Å²) in [5.74, 6) is 0.0337. The van der Waals surface area contributed by atoms with E-state index < -0.39 is 0 Å². The molecule has 8 nitrogen and oxygen atoms in total. The summed E-state index contributed by atoms with van der Waals surface area (Å²) in [5, 5.41) is 8.28. The van der Waals surface area contributed by atoms with Gasteiger partial charge in [0.05, 0.1) is 29.5 Å². The second-order valence-electron chi connectivity index (χ2n) is 5.85. The normalized spacial score (nSPS) is 14.8. The first-order chi connectivity index (χ1) is 11.7. The molecule has 1 saturated heterocycles. The lowest BCUT2D eigenvalue weighted by Gasteiger charge is -2.38. The molecule has 0 bridgehead atoms. The van der Waals surface area contributed by atoms with Crippen LogP contribution in [0.3, 0.4) is 0 Å². The highest BCUT2D eigenvalue weighted by Gasteiger charge is 2.31. The number of benzene rings is 1. The third-order valence-electron chi connectivity index (χ3n) is 4.33. The van der Waals surface area contributed by atoms with E-state index in [0.29, 0.717) is 30.5 Å². The summed E-state index contributed by atoms with van der Waals surface area (Å²) in [6.45, 7) is 1.60. The molecule has 3 aromatic rings. The standard InChI is InChI=1S/C16H16N6O2/c23-15(21-9-12(10-21)22-8-6-18-19-22)5-7-20-11-17-14-4-2-1-3-13(14)16(20)24/h1-4,6,8,11-12H,5,7,9-10H2. The number of para-hydroxylation sites is 1. The van der Waals surface area contributed by atoms with Crippen LogP contribution in [0.25, 0.3) is 10.9 Å². The van der Waals surface area contributed by atoms with Crippen LogP contribution in [-0.2, 0) is 11.3 Å². The summed E-state index contributed by atoms with van der Waals surface area (Å²) in [6, 6.07) is 7.41. The molecular formula is C16H16N6O2. The van der Waals surface area contributed by atoms with E-state index in [0.717, 1.165) is 0 Å². The van der Waals surface area contributed by atoms with Gasteiger partial charge in [0.15, 0.2) is 0 Å². The molecule has 122 valence electrons. The van der Waals surface area contributed by atoms with E-state index in [9.17, 15) is 9.59 Å². The number of carbonyl (C=O) groups excluding carboxylic acids is 1. The van der Waals surface area contributed by atoms with E-state index in [1.54, 1.807) is 34.1 Å². The van der Waals surface area contributed by atoms with Gasteiger partial charge < -0.3 is 4.90 Å². The first-order valence-electron chi connectivity index (χ1n) is 7.80. The van der Waals surface area contributed by atoms with E-state index in [1.807, 2.05) is 12.1 Å². The van der Waals surface area contributed by atoms with Crippen molar-refractivity contribution in [1.82, 2.24) is 29.4 Å². The van der Waals surface area contributed by atoms with Gasteiger partial charge in [-0.1, -0.05) is 17.3 Å². The predicted molar refractivity (Wildman–Crippen MR) is 86.3 cm³/mol. The first kappa shape index (κ1) is 14.6. The summed E-state index contributed by atoms with van der Waals surface area (Å²) < 4.78 is 3.26. The molecule has 24 heavy (non-hydrogen) atoms. The van der Waals surface area contributed by atoms with Crippen molar-refractivity contribution in [2.45, 2.75) is 19.0 Å². The molecule has 3 heterocycles. The molecule has 1 fully saturated rings. The van der Waals surface area contributed by atoms with Crippen LogP contribution in [0.4, 0.5) is 0 Å². The maximum Gasteiger partial charge on any atom is 0.261 e. The molecule has 0 saturated carbocycles. The predicted octanol–water partition coefficient (Wildman–Crippen LogP) is 0.462. The minimum atomic E-state index is -0.113. The third kappa shape index (κ3) is 2.55. The minimum Gasteiger partial charge on any atom is -0.338 e. The topological polar surface area (TPSA) is 85.9 Å². The molecule has 0 unspecified atom stereocenters. The van der Waals surface area contributed by atoms with Crippen molar-refractivity contribution < 1.29 is 4.79 Å². The molecule has 0 atom stereocenters. The fraction of sp³-hybridized carbons (Fsp3) is 0.312. The van der Waals surface area contributed by atoms with Crippen LogP contribution in [0.2, 0.25) is 0 Å². The Hall–Kier alpha value is -3.03. The molecule has 0 radical (unpaired) electrons. The SMILES string of the molecule is O=C(CCn1cnc2ccccc2c1=O)N1CC(n2ccnn2)C1. The molecule has 0 N–H and O–H groups in total. The monoisotopic (exact) mass is 324 g/mol. The smallest absolute Gasteiger partial charge is 0.261 e. The molecule has 1 aliphatic rings. The fourth-order valence-electron chi connectivity index (χ4n) is 2.88. The molecule has 0 aliphatic carbocycles. The molecule has 2 aromatic heterocycles. The van der Waals surface area contributed by atoms with E-state index in [-0.39, 0.29) is 23.9 Å². The van der Waals surface area contributed by atoms with Crippen LogP contribution in [0.1, 0.15) is 12.5 Å². The van der Waals surface area contributed by atoms with Crippen LogP contribution in [-0.4, -0.2) is 48.4 Å². The van der Waals surface area contributed by atoms with Gasteiger partial charge in [-0.15, -0.1) is 5.10 Å². The lowest BCUT2D eigenvalue weighted by molar-refractivity contribution is -0.137. The molecule has 1 amide bonds. The Morgan fingerprint density at radius 1 is 1.25 bits per heavy atom. The Balaban J connectivity index is 1.38. The Bertz CT molecular complexity index is 927. The number of nitrogens with zero attached hydrogens (tertiary/aromatic N) is 6. The van der Waals surface area contributed by atoms with Gasteiger partial charge in [0.2, 0.25) is 5.91 Å². The summed E-state index contributed by atoms with van der Waals surface area (Å²) in [7, 11) is 0. The minimum absolute atomic E-state index is 0.0337. The second kappa shape index (κ2) is 5.88. The molecule has 0 spiro atoms. The van der Waals surface area contributed by atoms with Gasteiger partial charge in [0.25, 0.3) is 5.56 Å². The van der Waals surface area contributed by atoms with Gasteiger partial charge in [-0.05, 0) is 12.1 Å². The van der Waals surface area contributed by atoms with Crippen molar-refractivity contribution in [3.8, 4) is 0 Å². The van der Waals surface area contributed by atoms with Crippen LogP contribution < -0.4 is 5.56 Å². The zero-order valence-corrected chi connectivity index (χ0v) is 12.9. The number of aromatic nitrogens is 5. The van der Waals surface area contributed by atoms with Gasteiger partial charge in [-0.3, -0.25) is 14.2 Å². The highest BCUT2D eigenvalue weighted by Crippen LogP contribution is 2.20. The largest absolute Gasteiger partial charge is 0.338 e. The fourth-order valence-corrected chi connectivity index (χ4v) is 2.88. The summed E-state index contributed by atoms with van der Waals surface area (Å²) >= 11 is 0. The summed E-state index contributed by atoms with van der Waals surface area (Å²) in [6.07, 6.45) is 5.21. The van der Waals surface area contributed by atoms with Crippen molar-refractivity contribution >= 4 is 16.8 Å². The van der Waals surface area contributed by atoms with Crippen molar-refractivity contribution in [1.29, 1.82) is 0 Å². The molecular weight excluding hydrogens is 308 g/mol. The van der Waals surface area contributed by atoms with Crippen LogP contribution >= 0.6 is 0 Å². The Morgan fingerprint density at radius 2 is 2.08 bits per heavy atom. The highest BCUT2D eigenvalue weighted by molar-refractivity contribution is 5.78. The van der Waals surface area contributed by atoms with Crippen molar-refractivity contribution in [2.24, 2.45) is 0 Å². The molecule has 1 aromatic carbocycles. The van der Waals surface area contributed by atoms with Gasteiger partial charge in [-0.2, -0.15) is 0 Å². The molecule has 4 rings (SSSR count). The van der Waals surface area contributed by atoms with E-state index in [1.165, 1.54) is 10.9 Å². The maximum atomic E-state index is 12.4. The number of rotatable bonds is 4. The molecule has 1 aliphatic heterocycles. The lowest BCUT2D eigenvalue weighted by Crippen LogP contribution is -2.51. The van der Waals surface area contributed by atoms with Gasteiger partial charge >= 0.3 is 0 Å². The van der Waals surface area contributed by atoms with Crippen molar-refractivity contribution in [2.75, 3.05) is 13.1 Å². The van der Waals surface area contributed by atoms with Gasteiger partial charge in [0.1, 0.15) is 0 Å². The van der Waals surface area contributed by atoms with Gasteiger partial charge in [-0.25, -0.2) is 9.67 Å². The van der Waals surface area contributed by atoms with Gasteiger partial charge in [0, 0.05) is 32.3 Å². The zero-order valence-electron chi connectivity index (χ0n) is 12.9. The van der Waals surface area contributed by atoms with Crippen LogP contribution in [0, 0.1) is 0 Å². The Morgan fingerprint density at radius 3 is 2.88 bits per heavy atom. The number of likely N-dealkylation sites (tertiary alicyclic amines) is 1. The Kier molecular flexibility index (Phi) is 3.56. The first-order valence-corrected chi connectivity index (χ1v) is 7.80. The third-order valence-corrected chi connectivity index (χ3v) is 4.33. The lowest BCUT2D eigenvalue weighted by atomic mass is 10.1. The zero-order chi connectivity index (χ0) is 16.5. The quantitative estimate of drug-likeness (QED) is 0.696. The van der Waals surface area contributed by atoms with Crippen molar-refractivity contribution in [3.05, 3.63) is 53.3 Å². The maximum absolute atomic E-state index is 12.4. The average Bonchev–Trinajstić information content (AvgIpc) is 3.07. The van der Waals surface area contributed by atoms with E-state index >= 15 is 0 Å². The number of hydrogen-bond donors (Lipinski definition) is 0. The number of carbonyl (C=O) groups is 1. The number of fused-ring (bicyclic) bond motifs is 1. The Labute approximate surface area is 137 Å². The summed E-state index contributed by atoms with van der Waals surface area (Å²) in [4.78, 5) is 30.6. The van der Waals surface area contributed by atoms with Crippen molar-refractivity contribution in [3.63, 3.8) is 0 Å².